The molecule has 0 saturated heterocycles. The van der Waals surface area contributed by atoms with E-state index in [0.29, 0.717) is 0 Å². The summed E-state index contributed by atoms with van der Waals surface area (Å²) in [4.78, 5) is 10.3. The zero-order valence-electron chi connectivity index (χ0n) is 7.05. The first-order valence-electron chi connectivity index (χ1n) is 3.84. The van der Waals surface area contributed by atoms with E-state index in [-0.39, 0.29) is 12.3 Å². The van der Waals surface area contributed by atoms with Crippen LogP contribution in [0.15, 0.2) is 0 Å². The Kier molecular flexibility index (Phi) is 5.28. The first-order chi connectivity index (χ1) is 5.20. The van der Waals surface area contributed by atoms with Crippen molar-refractivity contribution in [2.45, 2.75) is 33.1 Å². The highest BCUT2D eigenvalue weighted by atomic mass is 16.4. The summed E-state index contributed by atoms with van der Waals surface area (Å²) in [5.41, 5.74) is 0. The van der Waals surface area contributed by atoms with Crippen LogP contribution < -0.4 is 0 Å². The van der Waals surface area contributed by atoms with Crippen LogP contribution in [-0.4, -0.2) is 11.1 Å². The normalized spacial score (nSPS) is 11.5. The van der Waals surface area contributed by atoms with Gasteiger partial charge in [-0.1, -0.05) is 19.3 Å². The first kappa shape index (κ1) is 10.0. The van der Waals surface area contributed by atoms with E-state index in [1.54, 1.807) is 6.92 Å². The molecule has 0 rings (SSSR count). The minimum atomic E-state index is -0.758. The van der Waals surface area contributed by atoms with Gasteiger partial charge in [0, 0.05) is 5.92 Å². The summed E-state index contributed by atoms with van der Waals surface area (Å²) in [6.45, 7) is 3.77. The zero-order valence-corrected chi connectivity index (χ0v) is 7.05. The van der Waals surface area contributed by atoms with Crippen LogP contribution in [0.25, 0.3) is 0 Å². The smallest absolute Gasteiger partial charge is 0.304 e. The van der Waals surface area contributed by atoms with E-state index >= 15 is 0 Å². The van der Waals surface area contributed by atoms with E-state index in [1.807, 2.05) is 6.92 Å². The predicted octanol–water partition coefficient (Wildman–Crippen LogP) is 1.90. The number of carboxylic acid groups (broad SMARTS) is 1. The third kappa shape index (κ3) is 5.47. The molecule has 2 nitrogen and oxygen atoms in total. The minimum absolute atomic E-state index is 0.0440. The van der Waals surface area contributed by atoms with Gasteiger partial charge in [0.1, 0.15) is 0 Å². The average molecular weight is 154 g/mol. The van der Waals surface area contributed by atoms with Crippen molar-refractivity contribution in [2.75, 3.05) is 0 Å². The maximum absolute atomic E-state index is 10.3. The molecule has 1 N–H and O–H groups in total. The molecule has 0 aromatic carbocycles. The van der Waals surface area contributed by atoms with Crippen LogP contribution in [-0.2, 0) is 4.79 Å². The Hall–Kier alpha value is -0.970. The Labute approximate surface area is 67.6 Å². The lowest BCUT2D eigenvalue weighted by molar-refractivity contribution is -0.137. The number of hydrogen-bond donors (Lipinski definition) is 1. The molecule has 0 unspecified atom stereocenters. The Morgan fingerprint density at radius 3 is 2.64 bits per heavy atom. The fourth-order valence-electron chi connectivity index (χ4n) is 0.989. The quantitative estimate of drug-likeness (QED) is 0.628. The van der Waals surface area contributed by atoms with Crippen LogP contribution in [0.4, 0.5) is 0 Å². The highest BCUT2D eigenvalue weighted by Gasteiger charge is 2.08. The van der Waals surface area contributed by atoms with Crippen molar-refractivity contribution in [2.24, 2.45) is 5.92 Å². The summed E-state index contributed by atoms with van der Waals surface area (Å²) in [5.74, 6) is 4.91. The number of carbonyl (C=O) groups is 1. The maximum Gasteiger partial charge on any atom is 0.304 e. The number of rotatable bonds is 4. The fourth-order valence-corrected chi connectivity index (χ4v) is 0.989. The van der Waals surface area contributed by atoms with Crippen LogP contribution in [0.5, 0.6) is 0 Å². The van der Waals surface area contributed by atoms with Crippen LogP contribution >= 0.6 is 0 Å². The monoisotopic (exact) mass is 154 g/mol. The Bertz CT molecular complexity index is 174. The second-order valence-electron chi connectivity index (χ2n) is 2.48. The van der Waals surface area contributed by atoms with Gasteiger partial charge in [-0.05, 0) is 13.3 Å². The van der Waals surface area contributed by atoms with Gasteiger partial charge in [-0.3, -0.25) is 4.79 Å². The lowest BCUT2D eigenvalue weighted by Gasteiger charge is -2.03. The predicted molar refractivity (Wildman–Crippen MR) is 44.1 cm³/mol. The van der Waals surface area contributed by atoms with E-state index in [0.717, 1.165) is 12.8 Å². The SMILES string of the molecule is CC#C[C@H](CCC)CC(=O)O. The van der Waals surface area contributed by atoms with Crippen molar-refractivity contribution < 1.29 is 9.90 Å². The van der Waals surface area contributed by atoms with Crippen molar-refractivity contribution in [3.8, 4) is 11.8 Å². The molecule has 0 spiro atoms. The number of aliphatic carboxylic acids is 1. The standard InChI is InChI=1S/C9H14O2/c1-3-5-8(6-4-2)7-9(10)11/h8H,3,5,7H2,1-2H3,(H,10,11)/t8-/m0/s1. The summed E-state index contributed by atoms with van der Waals surface area (Å²) in [6, 6.07) is 0. The third-order valence-corrected chi connectivity index (χ3v) is 1.41. The van der Waals surface area contributed by atoms with Gasteiger partial charge in [0.05, 0.1) is 6.42 Å². The van der Waals surface area contributed by atoms with Gasteiger partial charge in [0.2, 0.25) is 0 Å². The van der Waals surface area contributed by atoms with Gasteiger partial charge in [0.15, 0.2) is 0 Å². The second-order valence-corrected chi connectivity index (χ2v) is 2.48. The average Bonchev–Trinajstić information content (AvgIpc) is 1.87. The van der Waals surface area contributed by atoms with Crippen LogP contribution in [0, 0.1) is 17.8 Å². The van der Waals surface area contributed by atoms with Crippen LogP contribution in [0.1, 0.15) is 33.1 Å². The highest BCUT2D eigenvalue weighted by molar-refractivity contribution is 5.67. The van der Waals surface area contributed by atoms with Gasteiger partial charge < -0.3 is 5.11 Å². The molecule has 2 heteroatoms. The van der Waals surface area contributed by atoms with Gasteiger partial charge in [-0.2, -0.15) is 0 Å². The van der Waals surface area contributed by atoms with E-state index in [4.69, 9.17) is 5.11 Å². The van der Waals surface area contributed by atoms with Gasteiger partial charge in [-0.15, -0.1) is 5.92 Å². The first-order valence-corrected chi connectivity index (χ1v) is 3.84. The van der Waals surface area contributed by atoms with Crippen molar-refractivity contribution in [1.29, 1.82) is 0 Å². The topological polar surface area (TPSA) is 37.3 Å². The van der Waals surface area contributed by atoms with Crippen molar-refractivity contribution in [3.63, 3.8) is 0 Å². The molecular weight excluding hydrogens is 140 g/mol. The summed E-state index contributed by atoms with van der Waals surface area (Å²) >= 11 is 0. The van der Waals surface area contributed by atoms with E-state index < -0.39 is 5.97 Å². The molecule has 0 fully saturated rings. The minimum Gasteiger partial charge on any atom is -0.481 e. The summed E-state index contributed by atoms with van der Waals surface area (Å²) in [7, 11) is 0. The maximum atomic E-state index is 10.3. The molecule has 0 aliphatic carbocycles. The Morgan fingerprint density at radius 1 is 1.64 bits per heavy atom. The van der Waals surface area contributed by atoms with Gasteiger partial charge >= 0.3 is 5.97 Å². The summed E-state index contributed by atoms with van der Waals surface area (Å²) < 4.78 is 0. The van der Waals surface area contributed by atoms with Crippen molar-refractivity contribution >= 4 is 5.97 Å². The van der Waals surface area contributed by atoms with Gasteiger partial charge in [0.25, 0.3) is 0 Å². The van der Waals surface area contributed by atoms with Crippen LogP contribution in [0.2, 0.25) is 0 Å². The molecule has 1 atom stereocenters. The molecule has 0 heterocycles. The molecule has 0 aliphatic heterocycles. The molecule has 0 bridgehead atoms. The molecule has 0 radical (unpaired) electrons. The summed E-state index contributed by atoms with van der Waals surface area (Å²) in [6.07, 6.45) is 2.05. The lowest BCUT2D eigenvalue weighted by Crippen LogP contribution is -2.05. The van der Waals surface area contributed by atoms with Crippen molar-refractivity contribution in [1.82, 2.24) is 0 Å². The molecule has 0 amide bonds. The number of hydrogen-bond acceptors (Lipinski definition) is 1. The van der Waals surface area contributed by atoms with E-state index in [2.05, 4.69) is 11.8 Å². The summed E-state index contributed by atoms with van der Waals surface area (Å²) in [5, 5.41) is 8.47. The molecule has 62 valence electrons. The Balaban J connectivity index is 3.85. The number of carboxylic acids is 1. The molecular formula is C9H14O2. The molecule has 0 aromatic heterocycles. The lowest BCUT2D eigenvalue weighted by atomic mass is 10.0. The highest BCUT2D eigenvalue weighted by Crippen LogP contribution is 2.09. The van der Waals surface area contributed by atoms with Crippen molar-refractivity contribution in [3.05, 3.63) is 0 Å². The molecule has 0 saturated carbocycles. The molecule has 0 aliphatic rings. The van der Waals surface area contributed by atoms with E-state index in [9.17, 15) is 4.79 Å². The second kappa shape index (κ2) is 5.79. The van der Waals surface area contributed by atoms with E-state index in [1.165, 1.54) is 0 Å². The zero-order chi connectivity index (χ0) is 8.69. The largest absolute Gasteiger partial charge is 0.481 e. The Morgan fingerprint density at radius 2 is 2.27 bits per heavy atom. The molecule has 11 heavy (non-hydrogen) atoms. The molecule has 0 aromatic rings. The van der Waals surface area contributed by atoms with Gasteiger partial charge in [-0.25, -0.2) is 0 Å². The van der Waals surface area contributed by atoms with Crippen LogP contribution in [0.3, 0.4) is 0 Å². The fraction of sp³-hybridized carbons (Fsp3) is 0.667. The third-order valence-electron chi connectivity index (χ3n) is 1.41.